The number of benzene rings is 1. The molecule has 0 saturated carbocycles. The Bertz CT molecular complexity index is 734. The molecule has 6 nitrogen and oxygen atoms in total. The number of aryl methyl sites for hydroxylation is 2. The Morgan fingerprint density at radius 3 is 2.68 bits per heavy atom. The highest BCUT2D eigenvalue weighted by Gasteiger charge is 2.15. The van der Waals surface area contributed by atoms with Crippen LogP contribution in [0, 0.1) is 19.8 Å². The summed E-state index contributed by atoms with van der Waals surface area (Å²) in [4.78, 5) is 2.57. The zero-order valence-corrected chi connectivity index (χ0v) is 17.6. The molecule has 1 aliphatic heterocycles. The second-order valence-electron chi connectivity index (χ2n) is 7.82. The predicted octanol–water partition coefficient (Wildman–Crippen LogP) is 3.70. The largest absolute Gasteiger partial charge is 0.493 e. The Morgan fingerprint density at radius 1 is 1.21 bits per heavy atom. The molecule has 0 amide bonds. The normalized spacial score (nSPS) is 15.7. The number of aromatic nitrogens is 1. The SMILES string of the molecule is COc1cc(CNCC(C)CN2CCCC2)ccc1OCc1c(C)noc1C. The van der Waals surface area contributed by atoms with Crippen LogP contribution in [0.4, 0.5) is 0 Å². The van der Waals surface area contributed by atoms with Gasteiger partial charge in [-0.3, -0.25) is 0 Å². The van der Waals surface area contributed by atoms with Gasteiger partial charge in [0.05, 0.1) is 18.4 Å². The highest BCUT2D eigenvalue weighted by Crippen LogP contribution is 2.29. The molecule has 1 saturated heterocycles. The molecule has 6 heteroatoms. The Kier molecular flexibility index (Phi) is 7.34. The molecule has 0 aliphatic carbocycles. The van der Waals surface area contributed by atoms with Crippen molar-refractivity contribution in [3.63, 3.8) is 0 Å². The van der Waals surface area contributed by atoms with Gasteiger partial charge in [0.1, 0.15) is 12.4 Å². The first-order chi connectivity index (χ1) is 13.6. The first-order valence-corrected chi connectivity index (χ1v) is 10.2. The zero-order chi connectivity index (χ0) is 19.9. The van der Waals surface area contributed by atoms with Gasteiger partial charge in [0, 0.05) is 13.1 Å². The second-order valence-corrected chi connectivity index (χ2v) is 7.82. The summed E-state index contributed by atoms with van der Waals surface area (Å²) in [7, 11) is 1.67. The van der Waals surface area contributed by atoms with Crippen LogP contribution in [0.5, 0.6) is 11.5 Å². The summed E-state index contributed by atoms with van der Waals surface area (Å²) in [6, 6.07) is 6.10. The molecule has 1 atom stereocenters. The minimum absolute atomic E-state index is 0.420. The molecule has 3 rings (SSSR count). The van der Waals surface area contributed by atoms with Gasteiger partial charge in [0.2, 0.25) is 0 Å². The van der Waals surface area contributed by atoms with Gasteiger partial charge >= 0.3 is 0 Å². The third-order valence-corrected chi connectivity index (χ3v) is 5.37. The molecule has 1 unspecified atom stereocenters. The summed E-state index contributed by atoms with van der Waals surface area (Å²) in [5.74, 6) is 2.92. The van der Waals surface area contributed by atoms with Gasteiger partial charge < -0.3 is 24.2 Å². The van der Waals surface area contributed by atoms with Gasteiger partial charge in [0.25, 0.3) is 0 Å². The Labute approximate surface area is 168 Å². The topological polar surface area (TPSA) is 59.8 Å². The van der Waals surface area contributed by atoms with Crippen molar-refractivity contribution >= 4 is 0 Å². The van der Waals surface area contributed by atoms with Crippen molar-refractivity contribution < 1.29 is 14.0 Å². The van der Waals surface area contributed by atoms with E-state index in [0.29, 0.717) is 12.5 Å². The van der Waals surface area contributed by atoms with Crippen LogP contribution in [-0.4, -0.2) is 43.3 Å². The van der Waals surface area contributed by atoms with E-state index in [9.17, 15) is 0 Å². The van der Waals surface area contributed by atoms with Crippen LogP contribution in [0.25, 0.3) is 0 Å². The maximum Gasteiger partial charge on any atom is 0.161 e. The molecule has 154 valence electrons. The predicted molar refractivity (Wildman–Crippen MR) is 110 cm³/mol. The molecular weight excluding hydrogens is 354 g/mol. The van der Waals surface area contributed by atoms with Crippen molar-refractivity contribution in [3.05, 3.63) is 40.8 Å². The van der Waals surface area contributed by atoms with Crippen LogP contribution in [0.3, 0.4) is 0 Å². The minimum Gasteiger partial charge on any atom is -0.493 e. The molecule has 2 aromatic rings. The third-order valence-electron chi connectivity index (χ3n) is 5.37. The van der Waals surface area contributed by atoms with Gasteiger partial charge in [-0.1, -0.05) is 18.1 Å². The molecule has 0 bridgehead atoms. The number of ether oxygens (including phenoxy) is 2. The van der Waals surface area contributed by atoms with E-state index in [4.69, 9.17) is 14.0 Å². The first-order valence-electron chi connectivity index (χ1n) is 10.2. The van der Waals surface area contributed by atoms with Gasteiger partial charge in [-0.2, -0.15) is 0 Å². The van der Waals surface area contributed by atoms with E-state index in [0.717, 1.165) is 41.6 Å². The molecule has 1 N–H and O–H groups in total. The van der Waals surface area contributed by atoms with Crippen LogP contribution in [0.2, 0.25) is 0 Å². The van der Waals surface area contributed by atoms with E-state index < -0.39 is 0 Å². The number of methoxy groups -OCH3 is 1. The Balaban J connectivity index is 1.49. The summed E-state index contributed by atoms with van der Waals surface area (Å²) in [6.45, 7) is 12.1. The van der Waals surface area contributed by atoms with Crippen LogP contribution in [-0.2, 0) is 13.2 Å². The first kappa shape index (κ1) is 20.7. The van der Waals surface area contributed by atoms with Crippen LogP contribution in [0.1, 0.15) is 42.3 Å². The molecule has 2 heterocycles. The number of hydrogen-bond donors (Lipinski definition) is 1. The van der Waals surface area contributed by atoms with Crippen molar-refractivity contribution in [3.8, 4) is 11.5 Å². The average molecular weight is 388 g/mol. The van der Waals surface area contributed by atoms with E-state index in [-0.39, 0.29) is 0 Å². The summed E-state index contributed by atoms with van der Waals surface area (Å²) in [5, 5.41) is 7.54. The lowest BCUT2D eigenvalue weighted by atomic mass is 10.1. The number of nitrogens with one attached hydrogen (secondary N) is 1. The van der Waals surface area contributed by atoms with Gasteiger partial charge in [-0.05, 0) is 69.9 Å². The fourth-order valence-corrected chi connectivity index (χ4v) is 3.73. The fourth-order valence-electron chi connectivity index (χ4n) is 3.73. The van der Waals surface area contributed by atoms with Crippen LogP contribution >= 0.6 is 0 Å². The number of nitrogens with zero attached hydrogens (tertiary/aromatic N) is 2. The van der Waals surface area contributed by atoms with E-state index in [1.54, 1.807) is 7.11 Å². The highest BCUT2D eigenvalue weighted by molar-refractivity contribution is 5.43. The number of rotatable bonds is 10. The quantitative estimate of drug-likeness (QED) is 0.671. The summed E-state index contributed by atoms with van der Waals surface area (Å²) in [5.41, 5.74) is 3.04. The van der Waals surface area contributed by atoms with Crippen molar-refractivity contribution in [2.24, 2.45) is 5.92 Å². The van der Waals surface area contributed by atoms with E-state index in [1.165, 1.54) is 38.0 Å². The van der Waals surface area contributed by atoms with E-state index in [2.05, 4.69) is 28.4 Å². The lowest BCUT2D eigenvalue weighted by molar-refractivity contribution is 0.280. The van der Waals surface area contributed by atoms with Gasteiger partial charge in [-0.15, -0.1) is 0 Å². The lowest BCUT2D eigenvalue weighted by Crippen LogP contribution is -2.31. The maximum absolute atomic E-state index is 5.96. The smallest absolute Gasteiger partial charge is 0.161 e. The lowest BCUT2D eigenvalue weighted by Gasteiger charge is -2.20. The summed E-state index contributed by atoms with van der Waals surface area (Å²) >= 11 is 0. The maximum atomic E-state index is 5.96. The Morgan fingerprint density at radius 2 is 2.00 bits per heavy atom. The average Bonchev–Trinajstić information content (AvgIpc) is 3.30. The monoisotopic (exact) mass is 387 g/mol. The van der Waals surface area contributed by atoms with Crippen molar-refractivity contribution in [1.82, 2.24) is 15.4 Å². The van der Waals surface area contributed by atoms with Crippen LogP contribution in [0.15, 0.2) is 22.7 Å². The second kappa shape index (κ2) is 9.94. The molecule has 1 aliphatic rings. The van der Waals surface area contributed by atoms with Gasteiger partial charge in [0.15, 0.2) is 11.5 Å². The molecule has 0 spiro atoms. The zero-order valence-electron chi connectivity index (χ0n) is 17.6. The van der Waals surface area contributed by atoms with Crippen LogP contribution < -0.4 is 14.8 Å². The van der Waals surface area contributed by atoms with E-state index in [1.807, 2.05) is 26.0 Å². The van der Waals surface area contributed by atoms with E-state index >= 15 is 0 Å². The fraction of sp³-hybridized carbons (Fsp3) is 0.591. The summed E-state index contributed by atoms with van der Waals surface area (Å²) < 4.78 is 16.7. The van der Waals surface area contributed by atoms with Crippen molar-refractivity contribution in [1.29, 1.82) is 0 Å². The van der Waals surface area contributed by atoms with Crippen molar-refractivity contribution in [2.75, 3.05) is 33.3 Å². The standard InChI is InChI=1S/C22H33N3O3/c1-16(14-25-9-5-6-10-25)12-23-13-19-7-8-21(22(11-19)26-4)27-15-20-17(2)24-28-18(20)3/h7-8,11,16,23H,5-6,9-10,12-15H2,1-4H3. The number of likely N-dealkylation sites (tertiary alicyclic amines) is 1. The van der Waals surface area contributed by atoms with Gasteiger partial charge in [-0.25, -0.2) is 0 Å². The molecule has 0 radical (unpaired) electrons. The third kappa shape index (κ3) is 5.49. The number of hydrogen-bond acceptors (Lipinski definition) is 6. The summed E-state index contributed by atoms with van der Waals surface area (Å²) in [6.07, 6.45) is 2.70. The molecular formula is C22H33N3O3. The van der Waals surface area contributed by atoms with Crippen molar-refractivity contribution in [2.45, 2.75) is 46.8 Å². The highest BCUT2D eigenvalue weighted by atomic mass is 16.5. The Hall–Kier alpha value is -2.05. The molecule has 1 aromatic heterocycles. The molecule has 28 heavy (non-hydrogen) atoms. The minimum atomic E-state index is 0.420. The molecule has 1 aromatic carbocycles. The molecule has 1 fully saturated rings.